The number of rotatable bonds is 3. The van der Waals surface area contributed by atoms with Crippen molar-refractivity contribution in [1.82, 2.24) is 4.98 Å². The van der Waals surface area contributed by atoms with Gasteiger partial charge >= 0.3 is 0 Å². The van der Waals surface area contributed by atoms with Gasteiger partial charge in [-0.05, 0) is 24.3 Å². The lowest BCUT2D eigenvalue weighted by Crippen LogP contribution is -1.97. The minimum Gasteiger partial charge on any atom is -0.397 e. The lowest BCUT2D eigenvalue weighted by Gasteiger charge is -1.98. The summed E-state index contributed by atoms with van der Waals surface area (Å²) in [6.45, 7) is 0. The number of hydrogen-bond donors (Lipinski definition) is 0. The second-order valence-corrected chi connectivity index (χ2v) is 3.37. The van der Waals surface area contributed by atoms with E-state index in [0.29, 0.717) is 5.84 Å². The lowest BCUT2D eigenvalue weighted by atomic mass is 10.3. The van der Waals surface area contributed by atoms with Crippen molar-refractivity contribution < 1.29 is 4.84 Å². The van der Waals surface area contributed by atoms with Crippen molar-refractivity contribution in [1.29, 1.82) is 0 Å². The summed E-state index contributed by atoms with van der Waals surface area (Å²) < 4.78 is 0. The zero-order chi connectivity index (χ0) is 12.6. The molecule has 5 heteroatoms. The molecule has 0 amide bonds. The van der Waals surface area contributed by atoms with E-state index in [1.807, 2.05) is 36.4 Å². The maximum absolute atomic E-state index is 4.75. The Bertz CT molecular complexity index is 537. The fourth-order valence-corrected chi connectivity index (χ4v) is 1.31. The minimum atomic E-state index is 0.384. The Kier molecular flexibility index (Phi) is 4.13. The van der Waals surface area contributed by atoms with E-state index >= 15 is 0 Å². The van der Waals surface area contributed by atoms with Crippen LogP contribution < -0.4 is 0 Å². The van der Waals surface area contributed by atoms with Gasteiger partial charge in [0.15, 0.2) is 0 Å². The second-order valence-electron chi connectivity index (χ2n) is 3.37. The van der Waals surface area contributed by atoms with E-state index in [1.54, 1.807) is 18.5 Å². The van der Waals surface area contributed by atoms with Gasteiger partial charge < -0.3 is 4.84 Å². The molecule has 2 rings (SSSR count). The summed E-state index contributed by atoms with van der Waals surface area (Å²) in [6, 6.07) is 13.1. The van der Waals surface area contributed by atoms with Crippen LogP contribution in [0.25, 0.3) is 0 Å². The summed E-state index contributed by atoms with van der Waals surface area (Å²) in [5.74, 6) is 0.384. The van der Waals surface area contributed by atoms with Crippen molar-refractivity contribution in [3.63, 3.8) is 0 Å². The third-order valence-electron chi connectivity index (χ3n) is 2.11. The Morgan fingerprint density at radius 3 is 2.61 bits per heavy atom. The van der Waals surface area contributed by atoms with Crippen LogP contribution in [0.5, 0.6) is 0 Å². The molecule has 2 aromatic rings. The van der Waals surface area contributed by atoms with Crippen LogP contribution in [0, 0.1) is 0 Å². The molecule has 1 aromatic heterocycles. The zero-order valence-corrected chi connectivity index (χ0v) is 9.89. The summed E-state index contributed by atoms with van der Waals surface area (Å²) in [7, 11) is 1.47. The van der Waals surface area contributed by atoms with Crippen LogP contribution in [-0.4, -0.2) is 17.9 Å². The van der Waals surface area contributed by atoms with E-state index in [1.165, 1.54) is 7.11 Å². The van der Waals surface area contributed by atoms with Gasteiger partial charge in [0.2, 0.25) is 5.84 Å². The van der Waals surface area contributed by atoms with Gasteiger partial charge in [0.25, 0.3) is 0 Å². The highest BCUT2D eigenvalue weighted by Crippen LogP contribution is 2.11. The van der Waals surface area contributed by atoms with Gasteiger partial charge in [-0.25, -0.2) is 0 Å². The van der Waals surface area contributed by atoms with E-state index in [9.17, 15) is 0 Å². The molecular weight excluding hydrogens is 228 g/mol. The molecule has 0 bridgehead atoms. The quantitative estimate of drug-likeness (QED) is 0.358. The molecule has 0 aliphatic rings. The molecule has 0 radical (unpaired) electrons. The smallest absolute Gasteiger partial charge is 0.221 e. The third-order valence-corrected chi connectivity index (χ3v) is 2.11. The van der Waals surface area contributed by atoms with Crippen LogP contribution in [0.4, 0.5) is 5.69 Å². The van der Waals surface area contributed by atoms with Gasteiger partial charge in [-0.3, -0.25) is 4.98 Å². The molecule has 90 valence electrons. The molecule has 5 nitrogen and oxygen atoms in total. The summed E-state index contributed by atoms with van der Waals surface area (Å²) in [4.78, 5) is 8.76. The zero-order valence-electron chi connectivity index (χ0n) is 9.89. The molecular formula is C13H12N4O. The molecule has 0 N–H and O–H groups in total. The first-order valence-corrected chi connectivity index (χ1v) is 5.38. The first-order chi connectivity index (χ1) is 8.90. The topological polar surface area (TPSA) is 59.2 Å². The first kappa shape index (κ1) is 11.9. The molecule has 0 atom stereocenters. The molecule has 0 spiro atoms. The number of azo groups is 1. The van der Waals surface area contributed by atoms with Gasteiger partial charge in [0.1, 0.15) is 7.11 Å². The maximum Gasteiger partial charge on any atom is 0.221 e. The minimum absolute atomic E-state index is 0.384. The summed E-state index contributed by atoms with van der Waals surface area (Å²) in [5.41, 5.74) is 1.50. The molecule has 1 aromatic carbocycles. The average Bonchev–Trinajstić information content (AvgIpc) is 2.45. The number of nitrogens with zero attached hydrogens (tertiary/aromatic N) is 4. The number of benzene rings is 1. The number of oxime groups is 1. The lowest BCUT2D eigenvalue weighted by molar-refractivity contribution is 0.213. The molecule has 0 aliphatic heterocycles. The molecule has 0 aliphatic carbocycles. The Hall–Kier alpha value is -2.56. The van der Waals surface area contributed by atoms with Crippen molar-refractivity contribution in [3.05, 3.63) is 60.4 Å². The van der Waals surface area contributed by atoms with Gasteiger partial charge in [0.05, 0.1) is 5.69 Å². The van der Waals surface area contributed by atoms with E-state index in [4.69, 9.17) is 4.84 Å². The standard InChI is InChI=1S/C13H12N4O/c1-18-17-13(11-6-5-9-14-10-11)16-15-12-7-3-2-4-8-12/h2-10H,1H3/b16-15?,17-13+. The number of hydrogen-bond acceptors (Lipinski definition) is 4. The number of aromatic nitrogens is 1. The predicted molar refractivity (Wildman–Crippen MR) is 68.7 cm³/mol. The summed E-state index contributed by atoms with van der Waals surface area (Å²) >= 11 is 0. The second kappa shape index (κ2) is 6.24. The largest absolute Gasteiger partial charge is 0.397 e. The Morgan fingerprint density at radius 1 is 1.11 bits per heavy atom. The van der Waals surface area contributed by atoms with Gasteiger partial charge in [-0.2, -0.15) is 0 Å². The van der Waals surface area contributed by atoms with Crippen LogP contribution in [0.2, 0.25) is 0 Å². The normalized spacial score (nSPS) is 11.7. The SMILES string of the molecule is CO/N=C(/N=Nc1ccccc1)c1cccnc1. The summed E-state index contributed by atoms with van der Waals surface area (Å²) in [6.07, 6.45) is 3.34. The van der Waals surface area contributed by atoms with Gasteiger partial charge in [-0.15, -0.1) is 10.2 Å². The molecule has 0 fully saturated rings. The van der Waals surface area contributed by atoms with Gasteiger partial charge in [-0.1, -0.05) is 23.4 Å². The van der Waals surface area contributed by atoms with Gasteiger partial charge in [0, 0.05) is 18.0 Å². The van der Waals surface area contributed by atoms with E-state index < -0.39 is 0 Å². The van der Waals surface area contributed by atoms with Crippen molar-refractivity contribution in [2.24, 2.45) is 15.4 Å². The van der Waals surface area contributed by atoms with Crippen LogP contribution >= 0.6 is 0 Å². The highest BCUT2D eigenvalue weighted by molar-refractivity contribution is 5.98. The Morgan fingerprint density at radius 2 is 1.94 bits per heavy atom. The monoisotopic (exact) mass is 240 g/mol. The summed E-state index contributed by atoms with van der Waals surface area (Å²) in [5, 5.41) is 12.0. The third kappa shape index (κ3) is 3.21. The molecule has 1 heterocycles. The first-order valence-electron chi connectivity index (χ1n) is 5.38. The predicted octanol–water partition coefficient (Wildman–Crippen LogP) is 3.17. The average molecular weight is 240 g/mol. The Balaban J connectivity index is 2.23. The van der Waals surface area contributed by atoms with Crippen LogP contribution in [0.15, 0.2) is 70.2 Å². The van der Waals surface area contributed by atoms with Crippen molar-refractivity contribution in [2.75, 3.05) is 7.11 Å². The van der Waals surface area contributed by atoms with Crippen molar-refractivity contribution in [3.8, 4) is 0 Å². The molecule has 0 saturated carbocycles. The highest BCUT2D eigenvalue weighted by atomic mass is 16.6. The molecule has 18 heavy (non-hydrogen) atoms. The number of amidine groups is 1. The molecule has 0 saturated heterocycles. The van der Waals surface area contributed by atoms with Crippen molar-refractivity contribution in [2.45, 2.75) is 0 Å². The Labute approximate surface area is 105 Å². The number of pyridine rings is 1. The highest BCUT2D eigenvalue weighted by Gasteiger charge is 2.02. The maximum atomic E-state index is 4.75. The fourth-order valence-electron chi connectivity index (χ4n) is 1.31. The van der Waals surface area contributed by atoms with E-state index in [-0.39, 0.29) is 0 Å². The van der Waals surface area contributed by atoms with Crippen LogP contribution in [0.3, 0.4) is 0 Å². The van der Waals surface area contributed by atoms with Crippen LogP contribution in [-0.2, 0) is 4.84 Å². The van der Waals surface area contributed by atoms with E-state index in [0.717, 1.165) is 11.3 Å². The van der Waals surface area contributed by atoms with Crippen molar-refractivity contribution >= 4 is 11.5 Å². The molecule has 0 unspecified atom stereocenters. The fraction of sp³-hybridized carbons (Fsp3) is 0.0769. The van der Waals surface area contributed by atoms with E-state index in [2.05, 4.69) is 20.4 Å². The van der Waals surface area contributed by atoms with Crippen LogP contribution in [0.1, 0.15) is 5.56 Å².